The molecule has 0 spiro atoms. The lowest BCUT2D eigenvalue weighted by atomic mass is 10.1. The largest absolute Gasteiger partial charge is 0.465 e. The number of esters is 1. The van der Waals surface area contributed by atoms with Crippen molar-refractivity contribution in [2.75, 3.05) is 12.4 Å². The van der Waals surface area contributed by atoms with Gasteiger partial charge in [0.15, 0.2) is 5.11 Å². The molecule has 0 heterocycles. The van der Waals surface area contributed by atoms with Gasteiger partial charge in [-0.3, -0.25) is 10.1 Å². The van der Waals surface area contributed by atoms with Crippen molar-refractivity contribution in [3.8, 4) is 0 Å². The number of hydrogen-bond donors (Lipinski definition) is 2. The van der Waals surface area contributed by atoms with Gasteiger partial charge in [-0.15, -0.1) is 0 Å². The maximum Gasteiger partial charge on any atom is 0.337 e. The number of aryl methyl sites for hydroxylation is 1. The molecule has 124 valence electrons. The average molecular weight is 407 g/mol. The molecule has 0 fully saturated rings. The molecule has 1 amide bonds. The second-order valence-corrected chi connectivity index (χ2v) is 6.20. The highest BCUT2D eigenvalue weighted by atomic mass is 79.9. The first-order chi connectivity index (χ1) is 11.4. The lowest BCUT2D eigenvalue weighted by molar-refractivity contribution is 0.0600. The summed E-state index contributed by atoms with van der Waals surface area (Å²) >= 11 is 8.52. The predicted molar refractivity (Wildman–Crippen MR) is 100 cm³/mol. The third kappa shape index (κ3) is 4.62. The van der Waals surface area contributed by atoms with Crippen LogP contribution in [-0.2, 0) is 4.74 Å². The first kappa shape index (κ1) is 18.1. The van der Waals surface area contributed by atoms with Crippen LogP contribution >= 0.6 is 28.1 Å². The van der Waals surface area contributed by atoms with Gasteiger partial charge in [0.2, 0.25) is 0 Å². The van der Waals surface area contributed by atoms with Gasteiger partial charge in [-0.1, -0.05) is 22.0 Å². The predicted octanol–water partition coefficient (Wildman–Crippen LogP) is 3.67. The van der Waals surface area contributed by atoms with Gasteiger partial charge < -0.3 is 10.1 Å². The standard InChI is InChI=1S/C17H15BrN2O3S/c1-10-3-4-12(9-14(10)18)15(21)20-17(24)19-13-7-5-11(6-8-13)16(22)23-2/h3-9H,1-2H3,(H2,19,20,21,24). The summed E-state index contributed by atoms with van der Waals surface area (Å²) in [6, 6.07) is 11.9. The summed E-state index contributed by atoms with van der Waals surface area (Å²) in [7, 11) is 1.32. The molecule has 24 heavy (non-hydrogen) atoms. The minimum atomic E-state index is -0.414. The Morgan fingerprint density at radius 1 is 1.08 bits per heavy atom. The van der Waals surface area contributed by atoms with E-state index in [1.54, 1.807) is 36.4 Å². The number of anilines is 1. The molecule has 2 N–H and O–H groups in total. The van der Waals surface area contributed by atoms with Crippen molar-refractivity contribution in [3.63, 3.8) is 0 Å². The van der Waals surface area contributed by atoms with Gasteiger partial charge in [-0.05, 0) is 61.1 Å². The number of carbonyl (C=O) groups is 2. The fourth-order valence-electron chi connectivity index (χ4n) is 1.88. The zero-order valence-corrected chi connectivity index (χ0v) is 15.5. The number of nitrogens with one attached hydrogen (secondary N) is 2. The number of halogens is 1. The number of rotatable bonds is 3. The van der Waals surface area contributed by atoms with Crippen molar-refractivity contribution in [1.82, 2.24) is 5.32 Å². The SMILES string of the molecule is COC(=O)c1ccc(NC(=S)NC(=O)c2ccc(C)c(Br)c2)cc1. The Hall–Kier alpha value is -2.25. The van der Waals surface area contributed by atoms with Crippen LogP contribution in [0.3, 0.4) is 0 Å². The van der Waals surface area contributed by atoms with Gasteiger partial charge >= 0.3 is 5.97 Å². The molecule has 7 heteroatoms. The lowest BCUT2D eigenvalue weighted by Crippen LogP contribution is -2.34. The van der Waals surface area contributed by atoms with E-state index in [0.29, 0.717) is 16.8 Å². The van der Waals surface area contributed by atoms with Gasteiger partial charge in [0.05, 0.1) is 12.7 Å². The Morgan fingerprint density at radius 2 is 1.71 bits per heavy atom. The van der Waals surface area contributed by atoms with Crippen LogP contribution in [-0.4, -0.2) is 24.1 Å². The number of methoxy groups -OCH3 is 1. The molecule has 0 bridgehead atoms. The van der Waals surface area contributed by atoms with Gasteiger partial charge in [0.1, 0.15) is 0 Å². The number of hydrogen-bond acceptors (Lipinski definition) is 4. The van der Waals surface area contributed by atoms with Crippen molar-refractivity contribution < 1.29 is 14.3 Å². The van der Waals surface area contributed by atoms with E-state index in [1.807, 2.05) is 13.0 Å². The van der Waals surface area contributed by atoms with E-state index < -0.39 is 5.97 Å². The van der Waals surface area contributed by atoms with Crippen LogP contribution in [0.25, 0.3) is 0 Å². The topological polar surface area (TPSA) is 67.4 Å². The highest BCUT2D eigenvalue weighted by Gasteiger charge is 2.10. The lowest BCUT2D eigenvalue weighted by Gasteiger charge is -2.10. The van der Waals surface area contributed by atoms with Crippen LogP contribution < -0.4 is 10.6 Å². The summed E-state index contributed by atoms with van der Waals surface area (Å²) in [5, 5.41) is 5.67. The third-order valence-electron chi connectivity index (χ3n) is 3.22. The normalized spacial score (nSPS) is 9.96. The Kier molecular flexibility index (Phi) is 6.05. The van der Waals surface area contributed by atoms with Gasteiger partial charge in [-0.25, -0.2) is 4.79 Å². The van der Waals surface area contributed by atoms with Crippen LogP contribution in [0.5, 0.6) is 0 Å². The molecule has 0 radical (unpaired) electrons. The van der Waals surface area contributed by atoms with E-state index >= 15 is 0 Å². The van der Waals surface area contributed by atoms with Crippen LogP contribution in [0.2, 0.25) is 0 Å². The molecule has 2 aromatic rings. The molecule has 0 unspecified atom stereocenters. The van der Waals surface area contributed by atoms with Gasteiger partial charge in [0, 0.05) is 15.7 Å². The fraction of sp³-hybridized carbons (Fsp3) is 0.118. The van der Waals surface area contributed by atoms with E-state index in [2.05, 4.69) is 31.3 Å². The van der Waals surface area contributed by atoms with Crippen LogP contribution in [0.15, 0.2) is 46.9 Å². The van der Waals surface area contributed by atoms with Gasteiger partial charge in [-0.2, -0.15) is 0 Å². The molecular weight excluding hydrogens is 392 g/mol. The highest BCUT2D eigenvalue weighted by Crippen LogP contribution is 2.17. The van der Waals surface area contributed by atoms with Crippen molar-refractivity contribution >= 4 is 50.8 Å². The summed E-state index contributed by atoms with van der Waals surface area (Å²) in [6.07, 6.45) is 0. The smallest absolute Gasteiger partial charge is 0.337 e. The van der Waals surface area contributed by atoms with Crippen molar-refractivity contribution in [3.05, 3.63) is 63.6 Å². The van der Waals surface area contributed by atoms with Crippen molar-refractivity contribution in [2.45, 2.75) is 6.92 Å². The van der Waals surface area contributed by atoms with E-state index in [4.69, 9.17) is 12.2 Å². The number of carbonyl (C=O) groups excluding carboxylic acids is 2. The first-order valence-electron chi connectivity index (χ1n) is 6.97. The van der Waals surface area contributed by atoms with Crippen molar-refractivity contribution in [2.24, 2.45) is 0 Å². The molecule has 0 saturated heterocycles. The summed E-state index contributed by atoms with van der Waals surface area (Å²) in [5.41, 5.74) is 2.62. The highest BCUT2D eigenvalue weighted by molar-refractivity contribution is 9.10. The molecule has 0 atom stereocenters. The molecule has 2 rings (SSSR count). The first-order valence-corrected chi connectivity index (χ1v) is 8.17. The molecule has 5 nitrogen and oxygen atoms in total. The molecular formula is C17H15BrN2O3S. The zero-order valence-electron chi connectivity index (χ0n) is 13.1. The third-order valence-corrected chi connectivity index (χ3v) is 4.28. The Morgan fingerprint density at radius 3 is 2.29 bits per heavy atom. The summed E-state index contributed by atoms with van der Waals surface area (Å²) in [4.78, 5) is 23.5. The second-order valence-electron chi connectivity index (χ2n) is 4.94. The van der Waals surface area contributed by atoms with E-state index in [-0.39, 0.29) is 11.0 Å². The Bertz CT molecular complexity index is 791. The molecule has 2 aromatic carbocycles. The molecule has 0 aliphatic heterocycles. The molecule has 0 aliphatic rings. The summed E-state index contributed by atoms with van der Waals surface area (Å²) in [6.45, 7) is 1.94. The van der Waals surface area contributed by atoms with Crippen molar-refractivity contribution in [1.29, 1.82) is 0 Å². The zero-order chi connectivity index (χ0) is 17.7. The minimum Gasteiger partial charge on any atom is -0.465 e. The average Bonchev–Trinajstić information content (AvgIpc) is 2.57. The summed E-state index contributed by atoms with van der Waals surface area (Å²) in [5.74, 6) is -0.721. The fourth-order valence-corrected chi connectivity index (χ4v) is 2.47. The van der Waals surface area contributed by atoms with E-state index in [1.165, 1.54) is 7.11 Å². The number of ether oxygens (including phenoxy) is 1. The minimum absolute atomic E-state index is 0.169. The van der Waals surface area contributed by atoms with Crippen LogP contribution in [0, 0.1) is 6.92 Å². The van der Waals surface area contributed by atoms with Gasteiger partial charge in [0.25, 0.3) is 5.91 Å². The number of thiocarbonyl (C=S) groups is 1. The molecule has 0 aliphatic carbocycles. The monoisotopic (exact) mass is 406 g/mol. The summed E-state index contributed by atoms with van der Waals surface area (Å²) < 4.78 is 5.48. The maximum absolute atomic E-state index is 12.2. The molecule has 0 aromatic heterocycles. The molecule has 0 saturated carbocycles. The van der Waals surface area contributed by atoms with Crippen LogP contribution in [0.4, 0.5) is 5.69 Å². The quantitative estimate of drug-likeness (QED) is 0.601. The second kappa shape index (κ2) is 8.03. The van der Waals surface area contributed by atoms with E-state index in [9.17, 15) is 9.59 Å². The van der Waals surface area contributed by atoms with E-state index in [0.717, 1.165) is 10.0 Å². The number of amides is 1. The number of benzene rings is 2. The van der Waals surface area contributed by atoms with Crippen LogP contribution in [0.1, 0.15) is 26.3 Å². The Labute approximate surface area is 153 Å². The Balaban J connectivity index is 1.98. The maximum atomic E-state index is 12.2.